The summed E-state index contributed by atoms with van der Waals surface area (Å²) in [6, 6.07) is 63.0. The van der Waals surface area contributed by atoms with Crippen LogP contribution in [-0.2, 0) is 5.41 Å². The summed E-state index contributed by atoms with van der Waals surface area (Å²) in [7, 11) is 0. The summed E-state index contributed by atoms with van der Waals surface area (Å²) in [5.74, 6) is 2.32. The van der Waals surface area contributed by atoms with E-state index in [1.807, 2.05) is 66.7 Å². The molecule has 4 nitrogen and oxygen atoms in total. The Kier molecular flexibility index (Phi) is 6.74. The van der Waals surface area contributed by atoms with Crippen molar-refractivity contribution in [2.24, 2.45) is 0 Å². The molecule has 0 N–H and O–H groups in total. The van der Waals surface area contributed by atoms with E-state index in [0.29, 0.717) is 11.4 Å². The normalized spacial score (nSPS) is 14.8. The van der Waals surface area contributed by atoms with Crippen molar-refractivity contribution in [3.8, 4) is 73.7 Å². The molecule has 1 aromatic heterocycles. The number of nitrogens with zero attached hydrogens (tertiary/aromatic N) is 3. The van der Waals surface area contributed by atoms with E-state index in [1.54, 1.807) is 0 Å². The van der Waals surface area contributed by atoms with Gasteiger partial charge in [-0.25, -0.2) is 9.97 Å². The van der Waals surface area contributed by atoms with Crippen LogP contribution in [0.3, 0.4) is 0 Å². The molecule has 0 amide bonds. The van der Waals surface area contributed by atoms with Crippen molar-refractivity contribution < 1.29 is 4.74 Å². The summed E-state index contributed by atoms with van der Waals surface area (Å²) in [5, 5.41) is 9.45. The smallest absolute Gasteiger partial charge is 0.160 e. The summed E-state index contributed by atoms with van der Waals surface area (Å²) in [6.07, 6.45) is 0. The molecule has 0 saturated heterocycles. The number of ether oxygens (including phenoxy) is 1. The van der Waals surface area contributed by atoms with Crippen molar-refractivity contribution in [1.82, 2.24) is 9.97 Å². The first-order chi connectivity index (χ1) is 25.7. The maximum absolute atomic E-state index is 9.45. The Balaban J connectivity index is 1.24. The lowest BCUT2D eigenvalue weighted by Gasteiger charge is -2.39. The SMILES string of the molecule is N#Cc1ccc(-c2ccc3c(c2)C2(c4ccccc4O3)c3ccccc3-c3ccc(-c4nc(-c5ccccc5)cc(-c5ccccc5)n4)cc32)cc1. The number of para-hydroxylation sites is 1. The summed E-state index contributed by atoms with van der Waals surface area (Å²) in [6.45, 7) is 0. The molecule has 0 radical (unpaired) electrons. The Labute approximate surface area is 301 Å². The summed E-state index contributed by atoms with van der Waals surface area (Å²) < 4.78 is 6.70. The molecule has 1 unspecified atom stereocenters. The van der Waals surface area contributed by atoms with E-state index in [9.17, 15) is 5.26 Å². The van der Waals surface area contributed by atoms with Gasteiger partial charge in [0.2, 0.25) is 0 Å². The van der Waals surface area contributed by atoms with Crippen LogP contribution in [-0.4, -0.2) is 9.97 Å². The van der Waals surface area contributed by atoms with E-state index in [4.69, 9.17) is 14.7 Å². The van der Waals surface area contributed by atoms with E-state index >= 15 is 0 Å². The van der Waals surface area contributed by atoms with Gasteiger partial charge in [-0.2, -0.15) is 5.26 Å². The van der Waals surface area contributed by atoms with Crippen molar-refractivity contribution in [3.05, 3.63) is 204 Å². The van der Waals surface area contributed by atoms with Crippen LogP contribution in [0.1, 0.15) is 27.8 Å². The predicted octanol–water partition coefficient (Wildman–Crippen LogP) is 11.5. The van der Waals surface area contributed by atoms with Gasteiger partial charge in [0.1, 0.15) is 11.5 Å². The molecule has 52 heavy (non-hydrogen) atoms. The number of rotatable bonds is 4. The fraction of sp³-hybridized carbons (Fsp3) is 0.0208. The van der Waals surface area contributed by atoms with E-state index in [2.05, 4.69) is 115 Å². The molecule has 1 atom stereocenters. The van der Waals surface area contributed by atoms with Crippen molar-refractivity contribution in [3.63, 3.8) is 0 Å². The summed E-state index contributed by atoms with van der Waals surface area (Å²) in [4.78, 5) is 10.4. The number of hydrogen-bond donors (Lipinski definition) is 0. The molecule has 1 aliphatic heterocycles. The zero-order chi connectivity index (χ0) is 34.6. The molecular formula is C48H29N3O. The molecule has 10 rings (SSSR count). The first-order valence-corrected chi connectivity index (χ1v) is 17.4. The highest BCUT2D eigenvalue weighted by Crippen LogP contribution is 2.62. The van der Waals surface area contributed by atoms with Gasteiger partial charge in [-0.1, -0.05) is 133 Å². The maximum atomic E-state index is 9.45. The fourth-order valence-electron chi connectivity index (χ4n) is 8.05. The van der Waals surface area contributed by atoms with E-state index in [0.717, 1.165) is 67.4 Å². The highest BCUT2D eigenvalue weighted by atomic mass is 16.5. The Bertz CT molecular complexity index is 2660. The van der Waals surface area contributed by atoms with Gasteiger partial charge < -0.3 is 4.74 Å². The monoisotopic (exact) mass is 663 g/mol. The van der Waals surface area contributed by atoms with Gasteiger partial charge in [-0.05, 0) is 75.8 Å². The number of nitriles is 1. The van der Waals surface area contributed by atoms with Gasteiger partial charge >= 0.3 is 0 Å². The lowest BCUT2D eigenvalue weighted by Crippen LogP contribution is -2.32. The van der Waals surface area contributed by atoms with Crippen LogP contribution in [0.15, 0.2) is 176 Å². The molecule has 4 heteroatoms. The standard InChI is InChI=1S/C48H29N3O/c49-30-31-19-21-32(22-20-31)35-24-26-46-42(27-35)48(40-17-9-10-18-45(40)52-46)39-16-8-7-15-37(39)38-25-23-36(28-41(38)48)47-50-43(33-11-3-1-4-12-33)29-44(51-47)34-13-5-2-6-14-34/h1-29H. The second-order valence-electron chi connectivity index (χ2n) is 13.2. The molecule has 2 aliphatic rings. The molecule has 2 heterocycles. The average Bonchev–Trinajstić information content (AvgIpc) is 3.51. The maximum Gasteiger partial charge on any atom is 0.160 e. The molecule has 0 bridgehead atoms. The first-order valence-electron chi connectivity index (χ1n) is 17.4. The van der Waals surface area contributed by atoms with E-state index < -0.39 is 5.41 Å². The van der Waals surface area contributed by atoms with Gasteiger partial charge in [0.05, 0.1) is 28.4 Å². The van der Waals surface area contributed by atoms with Gasteiger partial charge in [0.15, 0.2) is 5.82 Å². The molecule has 242 valence electrons. The third-order valence-corrected chi connectivity index (χ3v) is 10.4. The van der Waals surface area contributed by atoms with Crippen LogP contribution in [0.25, 0.3) is 56.2 Å². The number of hydrogen-bond acceptors (Lipinski definition) is 4. The second kappa shape index (κ2) is 11.8. The quantitative estimate of drug-likeness (QED) is 0.188. The lowest BCUT2D eigenvalue weighted by molar-refractivity contribution is 0.436. The van der Waals surface area contributed by atoms with Crippen LogP contribution < -0.4 is 4.74 Å². The molecule has 8 aromatic rings. The average molecular weight is 664 g/mol. The minimum Gasteiger partial charge on any atom is -0.457 e. The number of aromatic nitrogens is 2. The Hall–Kier alpha value is -7.09. The Morgan fingerprint density at radius 2 is 0.981 bits per heavy atom. The Morgan fingerprint density at radius 3 is 1.69 bits per heavy atom. The zero-order valence-electron chi connectivity index (χ0n) is 28.0. The minimum atomic E-state index is -0.673. The summed E-state index contributed by atoms with van der Waals surface area (Å²) in [5.41, 5.74) is 13.7. The lowest BCUT2D eigenvalue weighted by atomic mass is 9.65. The zero-order valence-corrected chi connectivity index (χ0v) is 28.0. The minimum absolute atomic E-state index is 0.635. The topological polar surface area (TPSA) is 58.8 Å². The highest BCUT2D eigenvalue weighted by Gasteiger charge is 2.51. The van der Waals surface area contributed by atoms with Gasteiger partial charge in [-0.15, -0.1) is 0 Å². The van der Waals surface area contributed by atoms with Gasteiger partial charge in [0.25, 0.3) is 0 Å². The molecular weight excluding hydrogens is 635 g/mol. The second-order valence-corrected chi connectivity index (χ2v) is 13.2. The molecule has 1 aliphatic carbocycles. The van der Waals surface area contributed by atoms with Crippen LogP contribution in [0.2, 0.25) is 0 Å². The van der Waals surface area contributed by atoms with Crippen LogP contribution >= 0.6 is 0 Å². The Morgan fingerprint density at radius 1 is 0.423 bits per heavy atom. The van der Waals surface area contributed by atoms with Gasteiger partial charge in [0, 0.05) is 27.8 Å². The van der Waals surface area contributed by atoms with Crippen molar-refractivity contribution in [2.75, 3.05) is 0 Å². The highest BCUT2D eigenvalue weighted by molar-refractivity contribution is 5.90. The largest absolute Gasteiger partial charge is 0.457 e. The predicted molar refractivity (Wildman–Crippen MR) is 206 cm³/mol. The summed E-state index contributed by atoms with van der Waals surface area (Å²) >= 11 is 0. The molecule has 0 saturated carbocycles. The number of fused-ring (bicyclic) bond motifs is 9. The van der Waals surface area contributed by atoms with Crippen LogP contribution in [0.4, 0.5) is 0 Å². The number of benzene rings is 7. The molecule has 0 fully saturated rings. The molecule has 1 spiro atoms. The van der Waals surface area contributed by atoms with Crippen LogP contribution in [0, 0.1) is 11.3 Å². The fourth-order valence-corrected chi connectivity index (χ4v) is 8.05. The van der Waals surface area contributed by atoms with Gasteiger partial charge in [-0.3, -0.25) is 0 Å². The van der Waals surface area contributed by atoms with E-state index in [1.165, 1.54) is 16.7 Å². The third kappa shape index (κ3) is 4.54. The van der Waals surface area contributed by atoms with Crippen molar-refractivity contribution in [1.29, 1.82) is 5.26 Å². The van der Waals surface area contributed by atoms with Crippen molar-refractivity contribution in [2.45, 2.75) is 5.41 Å². The molecule has 7 aromatic carbocycles. The van der Waals surface area contributed by atoms with Crippen LogP contribution in [0.5, 0.6) is 11.5 Å². The van der Waals surface area contributed by atoms with E-state index in [-0.39, 0.29) is 0 Å². The first kappa shape index (κ1) is 29.8. The third-order valence-electron chi connectivity index (χ3n) is 10.4. The van der Waals surface area contributed by atoms with Crippen molar-refractivity contribution >= 4 is 0 Å².